The highest BCUT2D eigenvalue weighted by Gasteiger charge is 2.58. The molecule has 1 heterocycles. The Balaban J connectivity index is 1.87. The molecule has 2 rings (SSSR count). The summed E-state index contributed by atoms with van der Waals surface area (Å²) in [6.07, 6.45) is -2.62. The second kappa shape index (κ2) is 3.02. The van der Waals surface area contributed by atoms with E-state index in [4.69, 9.17) is 9.84 Å². The lowest BCUT2D eigenvalue weighted by Crippen LogP contribution is -2.67. The minimum atomic E-state index is -1.23. The first kappa shape index (κ1) is 9.08. The van der Waals surface area contributed by atoms with Crippen LogP contribution in [0, 0.1) is 5.92 Å². The molecule has 0 bridgehead atoms. The molecular formula is C8H12O5. The molecule has 74 valence electrons. The van der Waals surface area contributed by atoms with Crippen molar-refractivity contribution >= 4 is 5.78 Å². The van der Waals surface area contributed by atoms with Crippen molar-refractivity contribution in [3.8, 4) is 0 Å². The number of hydrogen-bond acceptors (Lipinski definition) is 5. The fourth-order valence-electron chi connectivity index (χ4n) is 1.82. The lowest BCUT2D eigenvalue weighted by molar-refractivity contribution is -0.280. The predicted molar refractivity (Wildman–Crippen MR) is 40.8 cm³/mol. The van der Waals surface area contributed by atoms with E-state index in [0.717, 1.165) is 0 Å². The van der Waals surface area contributed by atoms with Crippen molar-refractivity contribution in [2.45, 2.75) is 31.0 Å². The minimum Gasteiger partial charge on any atom is -0.385 e. The van der Waals surface area contributed by atoms with Crippen LogP contribution in [0.5, 0.6) is 0 Å². The third-order valence-electron chi connectivity index (χ3n) is 2.74. The second-order valence-corrected chi connectivity index (χ2v) is 3.47. The van der Waals surface area contributed by atoms with Gasteiger partial charge in [-0.05, 0) is 0 Å². The van der Waals surface area contributed by atoms with E-state index < -0.39 is 18.5 Å². The molecule has 0 radical (unpaired) electrons. The fourth-order valence-corrected chi connectivity index (χ4v) is 1.82. The average molecular weight is 188 g/mol. The maximum atomic E-state index is 10.8. The van der Waals surface area contributed by atoms with Gasteiger partial charge in [-0.2, -0.15) is 0 Å². The van der Waals surface area contributed by atoms with Gasteiger partial charge in [0.15, 0.2) is 12.1 Å². The first-order valence-corrected chi connectivity index (χ1v) is 4.22. The maximum Gasteiger partial charge on any atom is 0.183 e. The van der Waals surface area contributed by atoms with Crippen molar-refractivity contribution in [2.75, 3.05) is 7.11 Å². The molecule has 5 atom stereocenters. The zero-order valence-electron chi connectivity index (χ0n) is 7.21. The molecule has 2 fully saturated rings. The third kappa shape index (κ3) is 1.20. The topological polar surface area (TPSA) is 76.0 Å². The fraction of sp³-hybridized carbons (Fsp3) is 0.875. The number of ketones is 1. The molecule has 0 aromatic heterocycles. The summed E-state index contributed by atoms with van der Waals surface area (Å²) in [5.41, 5.74) is 0. The van der Waals surface area contributed by atoms with E-state index in [1.807, 2.05) is 0 Å². The van der Waals surface area contributed by atoms with Crippen LogP contribution >= 0.6 is 0 Å². The molecule has 0 aromatic carbocycles. The van der Waals surface area contributed by atoms with E-state index in [1.54, 1.807) is 0 Å². The van der Waals surface area contributed by atoms with Crippen LogP contribution in [-0.4, -0.2) is 47.7 Å². The number of aliphatic hydroxyl groups is 2. The Morgan fingerprint density at radius 3 is 2.69 bits per heavy atom. The van der Waals surface area contributed by atoms with Crippen LogP contribution in [0.1, 0.15) is 6.42 Å². The van der Waals surface area contributed by atoms with E-state index in [1.165, 1.54) is 7.11 Å². The molecular weight excluding hydrogens is 176 g/mol. The molecule has 1 saturated heterocycles. The normalized spacial score (nSPS) is 41.5. The van der Waals surface area contributed by atoms with Crippen molar-refractivity contribution in [3.63, 3.8) is 0 Å². The van der Waals surface area contributed by atoms with Crippen molar-refractivity contribution in [2.24, 2.45) is 5.92 Å². The molecule has 0 amide bonds. The van der Waals surface area contributed by atoms with E-state index in [2.05, 4.69) is 4.74 Å². The zero-order valence-corrected chi connectivity index (χ0v) is 7.21. The molecule has 2 aliphatic rings. The van der Waals surface area contributed by atoms with Gasteiger partial charge in [0.05, 0.1) is 6.10 Å². The van der Waals surface area contributed by atoms with Gasteiger partial charge in [-0.1, -0.05) is 0 Å². The summed E-state index contributed by atoms with van der Waals surface area (Å²) >= 11 is 0. The van der Waals surface area contributed by atoms with Crippen LogP contribution in [0.4, 0.5) is 0 Å². The maximum absolute atomic E-state index is 10.8. The van der Waals surface area contributed by atoms with Crippen LogP contribution in [0.3, 0.4) is 0 Å². The van der Waals surface area contributed by atoms with Crippen LogP contribution in [0.2, 0.25) is 0 Å². The standard InChI is InChI=1S/C8H12O5/c1-12-8(11)5(10)7-3-2-4(9)6(3)13-7/h3,5-8,10-11H,2H2,1H3. The number of ether oxygens (including phenoxy) is 2. The Labute approximate surface area is 75.3 Å². The Bertz CT molecular complexity index is 229. The van der Waals surface area contributed by atoms with Crippen LogP contribution in [0.25, 0.3) is 0 Å². The summed E-state index contributed by atoms with van der Waals surface area (Å²) < 4.78 is 9.64. The van der Waals surface area contributed by atoms with Gasteiger partial charge in [-0.25, -0.2) is 0 Å². The van der Waals surface area contributed by atoms with Gasteiger partial charge in [-0.15, -0.1) is 0 Å². The average Bonchev–Trinajstić information content (AvgIpc) is 2.12. The van der Waals surface area contributed by atoms with E-state index in [-0.39, 0.29) is 17.8 Å². The summed E-state index contributed by atoms with van der Waals surface area (Å²) in [4.78, 5) is 10.8. The van der Waals surface area contributed by atoms with Crippen molar-refractivity contribution in [1.29, 1.82) is 0 Å². The van der Waals surface area contributed by atoms with E-state index in [9.17, 15) is 9.90 Å². The number of methoxy groups -OCH3 is 1. The van der Waals surface area contributed by atoms with Crippen molar-refractivity contribution in [3.05, 3.63) is 0 Å². The second-order valence-electron chi connectivity index (χ2n) is 3.47. The smallest absolute Gasteiger partial charge is 0.183 e. The molecule has 5 nitrogen and oxygen atoms in total. The Morgan fingerprint density at radius 1 is 1.62 bits per heavy atom. The van der Waals surface area contributed by atoms with Crippen LogP contribution in [-0.2, 0) is 14.3 Å². The number of Topliss-reactive ketones (excluding diaryl/α,β-unsaturated/α-hetero) is 1. The molecule has 13 heavy (non-hydrogen) atoms. The van der Waals surface area contributed by atoms with Gasteiger partial charge < -0.3 is 19.7 Å². The van der Waals surface area contributed by atoms with Gasteiger partial charge >= 0.3 is 0 Å². The largest absolute Gasteiger partial charge is 0.385 e. The van der Waals surface area contributed by atoms with Crippen molar-refractivity contribution < 1.29 is 24.5 Å². The first-order chi connectivity index (χ1) is 6.15. The monoisotopic (exact) mass is 188 g/mol. The van der Waals surface area contributed by atoms with Gasteiger partial charge in [-0.3, -0.25) is 4.79 Å². The summed E-state index contributed by atoms with van der Waals surface area (Å²) in [5, 5.41) is 18.6. The highest BCUT2D eigenvalue weighted by molar-refractivity contribution is 5.91. The Hall–Kier alpha value is -0.490. The molecule has 5 unspecified atom stereocenters. The number of aliphatic hydroxyl groups excluding tert-OH is 2. The number of carbonyl (C=O) groups is 1. The predicted octanol–water partition coefficient (Wildman–Crippen LogP) is -1.33. The molecule has 0 spiro atoms. The molecule has 2 N–H and O–H groups in total. The van der Waals surface area contributed by atoms with Gasteiger partial charge in [0.1, 0.15) is 12.2 Å². The summed E-state index contributed by atoms with van der Waals surface area (Å²) in [7, 11) is 1.30. The lowest BCUT2D eigenvalue weighted by atomic mass is 9.70. The Kier molecular flexibility index (Phi) is 2.11. The molecule has 1 aliphatic heterocycles. The number of hydrogen-bond donors (Lipinski definition) is 2. The number of fused-ring (bicyclic) bond motifs is 1. The van der Waals surface area contributed by atoms with E-state index in [0.29, 0.717) is 6.42 Å². The number of rotatable bonds is 3. The Morgan fingerprint density at radius 2 is 2.31 bits per heavy atom. The summed E-state index contributed by atoms with van der Waals surface area (Å²) in [6.45, 7) is 0. The summed E-state index contributed by atoms with van der Waals surface area (Å²) in [5.74, 6) is 0.160. The van der Waals surface area contributed by atoms with Gasteiger partial charge in [0.2, 0.25) is 0 Å². The zero-order chi connectivity index (χ0) is 9.59. The molecule has 1 saturated carbocycles. The first-order valence-electron chi connectivity index (χ1n) is 4.22. The molecule has 0 aromatic rings. The minimum absolute atomic E-state index is 0.0762. The summed E-state index contributed by atoms with van der Waals surface area (Å²) in [6, 6.07) is 0. The van der Waals surface area contributed by atoms with Crippen LogP contribution in [0.15, 0.2) is 0 Å². The van der Waals surface area contributed by atoms with Gasteiger partial charge in [0.25, 0.3) is 0 Å². The highest BCUT2D eigenvalue weighted by atomic mass is 16.6. The van der Waals surface area contributed by atoms with Gasteiger partial charge in [0, 0.05) is 19.4 Å². The number of carbonyl (C=O) groups excluding carboxylic acids is 1. The van der Waals surface area contributed by atoms with Crippen LogP contribution < -0.4 is 0 Å². The quantitative estimate of drug-likeness (QED) is 0.536. The SMILES string of the molecule is COC(O)C(O)C1OC2C(=O)CC21. The molecule has 1 aliphatic carbocycles. The highest BCUT2D eigenvalue weighted by Crippen LogP contribution is 2.43. The lowest BCUT2D eigenvalue weighted by Gasteiger charge is -2.52. The molecule has 5 heteroatoms. The van der Waals surface area contributed by atoms with E-state index >= 15 is 0 Å². The third-order valence-corrected chi connectivity index (χ3v) is 2.74. The van der Waals surface area contributed by atoms with Crippen molar-refractivity contribution in [1.82, 2.24) is 0 Å².